The summed E-state index contributed by atoms with van der Waals surface area (Å²) >= 11 is 0. The first-order valence-electron chi connectivity index (χ1n) is 9.47. The van der Waals surface area contributed by atoms with Crippen LogP contribution in [0.1, 0.15) is 56.2 Å². The average molecular weight is 320 g/mol. The molecule has 126 valence electrons. The standard InChI is InChI=1S/C23H28O/c1-17-7-6-14-23(2)21(17)13-11-19-10-12-20(15-22(19)23)24-16-18-8-4-3-5-9-18/h3-5,8-10,12,15,17,21H,6-7,11,13-14,16H2,1-2H3/t17-,21?,23-/m0/s1. The summed E-state index contributed by atoms with van der Waals surface area (Å²) in [6, 6.07) is 17.3. The summed E-state index contributed by atoms with van der Waals surface area (Å²) in [5.41, 5.74) is 4.69. The van der Waals surface area contributed by atoms with Gasteiger partial charge in [0.2, 0.25) is 0 Å². The second kappa shape index (κ2) is 6.27. The molecule has 0 bridgehead atoms. The van der Waals surface area contributed by atoms with Gasteiger partial charge >= 0.3 is 0 Å². The predicted octanol–water partition coefficient (Wildman–Crippen LogP) is 5.91. The Morgan fingerprint density at radius 2 is 1.92 bits per heavy atom. The fraction of sp³-hybridized carbons (Fsp3) is 0.478. The zero-order valence-corrected chi connectivity index (χ0v) is 14.9. The molecule has 0 aliphatic heterocycles. The lowest BCUT2D eigenvalue weighted by atomic mass is 9.55. The van der Waals surface area contributed by atoms with E-state index in [1.165, 1.54) is 37.7 Å². The quantitative estimate of drug-likeness (QED) is 0.683. The molecule has 1 heteroatoms. The Bertz CT molecular complexity index is 705. The maximum Gasteiger partial charge on any atom is 0.120 e. The molecule has 4 rings (SSSR count). The topological polar surface area (TPSA) is 9.23 Å². The molecule has 0 aromatic heterocycles. The molecule has 2 aliphatic carbocycles. The maximum atomic E-state index is 6.11. The van der Waals surface area contributed by atoms with Gasteiger partial charge in [-0.25, -0.2) is 0 Å². The van der Waals surface area contributed by atoms with Gasteiger partial charge in [-0.15, -0.1) is 0 Å². The molecule has 0 saturated heterocycles. The molecule has 1 nitrogen and oxygen atoms in total. The normalized spacial score (nSPS) is 28.8. The molecular formula is C23H28O. The number of aryl methyl sites for hydroxylation is 1. The molecule has 2 aromatic rings. The van der Waals surface area contributed by atoms with E-state index < -0.39 is 0 Å². The van der Waals surface area contributed by atoms with Gasteiger partial charge in [-0.2, -0.15) is 0 Å². The Kier molecular flexibility index (Phi) is 4.12. The summed E-state index contributed by atoms with van der Waals surface area (Å²) in [6.07, 6.45) is 6.69. The molecule has 0 radical (unpaired) electrons. The third-order valence-corrected chi connectivity index (χ3v) is 6.53. The van der Waals surface area contributed by atoms with Crippen LogP contribution in [0, 0.1) is 11.8 Å². The molecular weight excluding hydrogens is 292 g/mol. The third kappa shape index (κ3) is 2.75. The lowest BCUT2D eigenvalue weighted by molar-refractivity contribution is 0.117. The molecule has 2 aromatic carbocycles. The van der Waals surface area contributed by atoms with Crippen molar-refractivity contribution in [2.45, 2.75) is 58.0 Å². The first-order chi connectivity index (χ1) is 11.7. The van der Waals surface area contributed by atoms with Crippen LogP contribution in [0.2, 0.25) is 0 Å². The van der Waals surface area contributed by atoms with Crippen molar-refractivity contribution in [3.05, 3.63) is 65.2 Å². The number of ether oxygens (including phenoxy) is 1. The minimum Gasteiger partial charge on any atom is -0.489 e. The number of hydrogen-bond donors (Lipinski definition) is 0. The van der Waals surface area contributed by atoms with Crippen LogP contribution in [-0.2, 0) is 18.4 Å². The van der Waals surface area contributed by atoms with E-state index in [9.17, 15) is 0 Å². The second-order valence-corrected chi connectivity index (χ2v) is 8.03. The number of rotatable bonds is 3. The van der Waals surface area contributed by atoms with E-state index in [0.29, 0.717) is 12.0 Å². The monoisotopic (exact) mass is 320 g/mol. The molecule has 1 saturated carbocycles. The highest BCUT2D eigenvalue weighted by Gasteiger charge is 2.44. The third-order valence-electron chi connectivity index (χ3n) is 6.53. The zero-order chi connectivity index (χ0) is 16.6. The van der Waals surface area contributed by atoms with Crippen LogP contribution in [0.15, 0.2) is 48.5 Å². The molecule has 0 spiro atoms. The fourth-order valence-electron chi connectivity index (χ4n) is 5.19. The first-order valence-corrected chi connectivity index (χ1v) is 9.47. The van der Waals surface area contributed by atoms with E-state index in [-0.39, 0.29) is 0 Å². The van der Waals surface area contributed by atoms with Crippen LogP contribution < -0.4 is 4.74 Å². The van der Waals surface area contributed by atoms with Gasteiger partial charge in [0.25, 0.3) is 0 Å². The van der Waals surface area contributed by atoms with Gasteiger partial charge in [0.15, 0.2) is 0 Å². The van der Waals surface area contributed by atoms with Crippen molar-refractivity contribution in [1.82, 2.24) is 0 Å². The molecule has 0 N–H and O–H groups in total. The predicted molar refractivity (Wildman–Crippen MR) is 99.4 cm³/mol. The summed E-state index contributed by atoms with van der Waals surface area (Å²) < 4.78 is 6.11. The fourth-order valence-corrected chi connectivity index (χ4v) is 5.19. The van der Waals surface area contributed by atoms with Crippen molar-refractivity contribution in [3.8, 4) is 5.75 Å². The number of fused-ring (bicyclic) bond motifs is 3. The highest BCUT2D eigenvalue weighted by molar-refractivity contribution is 5.43. The molecule has 2 aliphatic rings. The highest BCUT2D eigenvalue weighted by Crippen LogP contribution is 2.52. The van der Waals surface area contributed by atoms with Crippen LogP contribution >= 0.6 is 0 Å². The first kappa shape index (κ1) is 15.7. The van der Waals surface area contributed by atoms with Gasteiger partial charge in [-0.3, -0.25) is 0 Å². The van der Waals surface area contributed by atoms with E-state index in [1.54, 1.807) is 11.1 Å². The Balaban J connectivity index is 1.60. The Morgan fingerprint density at radius 3 is 2.75 bits per heavy atom. The van der Waals surface area contributed by atoms with Crippen LogP contribution in [-0.4, -0.2) is 0 Å². The second-order valence-electron chi connectivity index (χ2n) is 8.03. The summed E-state index contributed by atoms with van der Waals surface area (Å²) in [5, 5.41) is 0. The van der Waals surface area contributed by atoms with Gasteiger partial charge < -0.3 is 4.74 Å². The van der Waals surface area contributed by atoms with E-state index in [2.05, 4.69) is 56.3 Å². The van der Waals surface area contributed by atoms with Crippen molar-refractivity contribution in [2.75, 3.05) is 0 Å². The Hall–Kier alpha value is -1.76. The van der Waals surface area contributed by atoms with Crippen molar-refractivity contribution < 1.29 is 4.74 Å². The molecule has 0 amide bonds. The van der Waals surface area contributed by atoms with Crippen LogP contribution in [0.25, 0.3) is 0 Å². The Labute approximate surface area is 146 Å². The minimum absolute atomic E-state index is 0.345. The van der Waals surface area contributed by atoms with E-state index in [0.717, 1.165) is 17.6 Å². The van der Waals surface area contributed by atoms with Crippen molar-refractivity contribution >= 4 is 0 Å². The van der Waals surface area contributed by atoms with Crippen LogP contribution in [0.3, 0.4) is 0 Å². The summed E-state index contributed by atoms with van der Waals surface area (Å²) in [6.45, 7) is 5.62. The summed E-state index contributed by atoms with van der Waals surface area (Å²) in [4.78, 5) is 0. The summed E-state index contributed by atoms with van der Waals surface area (Å²) in [5.74, 6) is 2.71. The molecule has 0 heterocycles. The molecule has 1 fully saturated rings. The van der Waals surface area contributed by atoms with Gasteiger partial charge in [-0.05, 0) is 65.3 Å². The molecule has 24 heavy (non-hydrogen) atoms. The van der Waals surface area contributed by atoms with E-state index >= 15 is 0 Å². The van der Waals surface area contributed by atoms with E-state index in [4.69, 9.17) is 4.74 Å². The van der Waals surface area contributed by atoms with Gasteiger partial charge in [-0.1, -0.05) is 63.1 Å². The lowest BCUT2D eigenvalue weighted by Crippen LogP contribution is -2.43. The van der Waals surface area contributed by atoms with Gasteiger partial charge in [0.05, 0.1) is 0 Å². The van der Waals surface area contributed by atoms with Crippen molar-refractivity contribution in [1.29, 1.82) is 0 Å². The summed E-state index contributed by atoms with van der Waals surface area (Å²) in [7, 11) is 0. The maximum absolute atomic E-state index is 6.11. The highest BCUT2D eigenvalue weighted by atomic mass is 16.5. The number of benzene rings is 2. The Morgan fingerprint density at radius 1 is 1.08 bits per heavy atom. The smallest absolute Gasteiger partial charge is 0.120 e. The van der Waals surface area contributed by atoms with Crippen LogP contribution in [0.5, 0.6) is 5.75 Å². The van der Waals surface area contributed by atoms with Crippen molar-refractivity contribution in [3.63, 3.8) is 0 Å². The van der Waals surface area contributed by atoms with Gasteiger partial charge in [0, 0.05) is 0 Å². The van der Waals surface area contributed by atoms with Gasteiger partial charge in [0.1, 0.15) is 12.4 Å². The SMILES string of the molecule is C[C@H]1CCC[C@]2(C)c3cc(OCc4ccccc4)ccc3CCC12. The van der Waals surface area contributed by atoms with Crippen LogP contribution in [0.4, 0.5) is 0 Å². The molecule has 1 unspecified atom stereocenters. The average Bonchev–Trinajstić information content (AvgIpc) is 2.61. The molecule has 3 atom stereocenters. The number of hydrogen-bond acceptors (Lipinski definition) is 1. The zero-order valence-electron chi connectivity index (χ0n) is 14.9. The van der Waals surface area contributed by atoms with Crippen molar-refractivity contribution in [2.24, 2.45) is 11.8 Å². The van der Waals surface area contributed by atoms with E-state index in [1.807, 2.05) is 6.07 Å². The largest absolute Gasteiger partial charge is 0.489 e. The minimum atomic E-state index is 0.345. The lowest BCUT2D eigenvalue weighted by Gasteiger charge is -2.49.